The van der Waals surface area contributed by atoms with E-state index in [4.69, 9.17) is 15.2 Å². The summed E-state index contributed by atoms with van der Waals surface area (Å²) in [7, 11) is 0. The molecule has 2 amide bonds. The van der Waals surface area contributed by atoms with Crippen molar-refractivity contribution in [3.8, 4) is 0 Å². The number of nitrogens with one attached hydrogen (secondary N) is 3. The van der Waals surface area contributed by atoms with Crippen LogP contribution in [-0.2, 0) is 68.7 Å². The Kier molecular flexibility index (Phi) is 42.7. The van der Waals surface area contributed by atoms with E-state index < -0.39 is 63.9 Å². The maximum atomic E-state index is 13.5. The van der Waals surface area contributed by atoms with E-state index in [1.807, 2.05) is 90.1 Å². The summed E-state index contributed by atoms with van der Waals surface area (Å²) in [5, 5.41) is 39.0. The minimum absolute atomic E-state index is 0. The molecule has 6 aromatic carbocycles. The molecule has 1 heterocycles. The first-order valence-electron chi connectivity index (χ1n) is 33.6. The topological polar surface area (TPSA) is 179 Å². The molecule has 11 nitrogen and oxygen atoms in total. The van der Waals surface area contributed by atoms with Gasteiger partial charge in [0.1, 0.15) is 35.0 Å². The Labute approximate surface area is 640 Å². The van der Waals surface area contributed by atoms with Crippen molar-refractivity contribution in [1.82, 2.24) is 16.0 Å². The SMILES string of the molecule is CC(=O)N[C@@H](Cc1cc(F)cc(F)c1)[C@H](O)CNC(C)(C)c1cccc(CC(C)C)c1.CC(C)(C)Cc1cccc(C(C)(C)O)c1.CC(C)(C)OC(=O)NC(Cc1cc(F)cc(F)c1)[C@H]1CO1.CC(C)(O)c1cccc(Br)c1.CC(C)Cc1cccc(C(C)(C)N)c1.Cl.[Br-].[CH2-]C(C)(C)C.[Mg+2]. The van der Waals surface area contributed by atoms with Crippen LogP contribution in [0.15, 0.2) is 138 Å². The van der Waals surface area contributed by atoms with Crippen LogP contribution in [0.25, 0.3) is 0 Å². The van der Waals surface area contributed by atoms with E-state index in [0.717, 1.165) is 52.6 Å². The third-order valence-electron chi connectivity index (χ3n) is 14.4. The van der Waals surface area contributed by atoms with Gasteiger partial charge in [0.2, 0.25) is 5.91 Å². The largest absolute Gasteiger partial charge is 2.00 e. The molecular weight excluding hydrogens is 1440 g/mol. The van der Waals surface area contributed by atoms with Gasteiger partial charge in [0, 0.05) is 41.2 Å². The van der Waals surface area contributed by atoms with Crippen molar-refractivity contribution in [1.29, 1.82) is 0 Å². The molecule has 6 aromatic rings. The number of hydrogen-bond acceptors (Lipinski definition) is 9. The minimum atomic E-state index is -0.951. The minimum Gasteiger partial charge on any atom is -1.00 e. The Morgan fingerprint density at radius 2 is 0.970 bits per heavy atom. The van der Waals surface area contributed by atoms with E-state index in [-0.39, 0.29) is 106 Å². The fourth-order valence-electron chi connectivity index (χ4n) is 9.81. The van der Waals surface area contributed by atoms with Crippen molar-refractivity contribution in [2.45, 2.75) is 237 Å². The van der Waals surface area contributed by atoms with Gasteiger partial charge >= 0.3 is 29.1 Å². The number of hydrogen-bond donors (Lipinski definition) is 7. The standard InChI is InChI=1S/C25H34F2N2O2.C15H19F2NO3.C14H22O.C13H21N.C9H11BrO.C5H11.BrH.ClH.Mg/c1-16(2)9-18-7-6-8-20(10-18)25(4,5)28-15-24(31)23(29-17(3)30)13-19-11-21(26)14-22(27)12-19;1-15(2,3)21-14(19)18-12(13-8-20-13)6-9-4-10(16)7-11(17)5-9;1-13(2,3)10-11-7-6-8-12(9-11)14(4,5)15;1-10(2)8-11-6-5-7-12(9-11)13(3,4)14;1-9(2,11)7-4-3-5-8(10)6-7;1-5(2,3)4;;;/h6-8,10-12,14,16,23-24,28,31H,9,13,15H2,1-5H3,(H,29,30);4-5,7,12-13H,6,8H2,1-3H3,(H,18,19);6-9,15H,10H2,1-5H3;5-7,9-10H,8,14H2,1-4H3;3-6,11H,1-2H3;1H2,2-4H3;2*1H;/q;;;;;-1;;;+2/p-1/t23-,24+;12?,13-;;;;;;;/m01......./s1. The van der Waals surface area contributed by atoms with Gasteiger partial charge in [0.15, 0.2) is 0 Å². The van der Waals surface area contributed by atoms with Gasteiger partial charge in [-0.2, -0.15) is 5.41 Å². The van der Waals surface area contributed by atoms with Crippen LogP contribution >= 0.6 is 28.3 Å². The summed E-state index contributed by atoms with van der Waals surface area (Å²) in [6.45, 7) is 48.2. The molecule has 4 atom stereocenters. The fourth-order valence-corrected chi connectivity index (χ4v) is 10.2. The zero-order valence-corrected chi connectivity index (χ0v) is 69.2. The van der Waals surface area contributed by atoms with Gasteiger partial charge in [-0.25, -0.2) is 22.4 Å². The quantitative estimate of drug-likeness (QED) is 0.0170. The van der Waals surface area contributed by atoms with Crippen molar-refractivity contribution in [3.05, 3.63) is 218 Å². The number of benzene rings is 6. The normalized spacial score (nSPS) is 13.8. The zero-order valence-electron chi connectivity index (χ0n) is 63.8. The number of halogens is 7. The van der Waals surface area contributed by atoms with Crippen molar-refractivity contribution in [2.75, 3.05) is 13.2 Å². The molecule has 1 aliphatic heterocycles. The van der Waals surface area contributed by atoms with Gasteiger partial charge in [-0.3, -0.25) is 4.79 Å². The Balaban J connectivity index is 0. The maximum absolute atomic E-state index is 13.5. The first-order valence-corrected chi connectivity index (χ1v) is 34.4. The Hall–Kier alpha value is -4.44. The predicted molar refractivity (Wildman–Crippen MR) is 407 cm³/mol. The van der Waals surface area contributed by atoms with Crippen molar-refractivity contribution < 1.29 is 68.9 Å². The second-order valence-corrected chi connectivity index (χ2v) is 32.8. The number of epoxide rings is 1. The van der Waals surface area contributed by atoms with E-state index in [1.165, 1.54) is 53.4 Å². The molecule has 0 spiro atoms. The van der Waals surface area contributed by atoms with E-state index in [2.05, 4.69) is 157 Å². The van der Waals surface area contributed by atoms with Crippen molar-refractivity contribution >= 4 is 63.4 Å². The molecule has 556 valence electrons. The molecule has 7 rings (SSSR count). The average molecular weight is 1560 g/mol. The number of rotatable bonds is 20. The van der Waals surface area contributed by atoms with Gasteiger partial charge in [0.05, 0.1) is 36.0 Å². The number of carbonyl (C=O) groups excluding carboxylic acids is 2. The Bertz CT molecular complexity index is 3320. The molecular formula is C81H119Br2ClF4MgN4O7. The van der Waals surface area contributed by atoms with E-state index in [0.29, 0.717) is 29.6 Å². The molecule has 0 aromatic heterocycles. The molecule has 1 fully saturated rings. The fraction of sp³-hybridized carbons (Fsp3) is 0.519. The number of aliphatic hydroxyl groups is 3. The summed E-state index contributed by atoms with van der Waals surface area (Å²) in [5.74, 6) is -1.72. The summed E-state index contributed by atoms with van der Waals surface area (Å²) in [4.78, 5) is 23.4. The van der Waals surface area contributed by atoms with Crippen molar-refractivity contribution in [2.24, 2.45) is 28.4 Å². The Morgan fingerprint density at radius 1 is 0.590 bits per heavy atom. The molecule has 8 N–H and O–H groups in total. The van der Waals surface area contributed by atoms with Gasteiger partial charge in [0.25, 0.3) is 0 Å². The summed E-state index contributed by atoms with van der Waals surface area (Å²) in [6, 6.07) is 38.3. The number of nitrogens with two attached hydrogens (primary N) is 1. The summed E-state index contributed by atoms with van der Waals surface area (Å²) in [6.07, 6.45) is 1.87. The summed E-state index contributed by atoms with van der Waals surface area (Å²) >= 11 is 3.34. The summed E-state index contributed by atoms with van der Waals surface area (Å²) in [5.41, 5.74) is 12.9. The molecule has 0 radical (unpaired) electrons. The van der Waals surface area contributed by atoms with E-state index >= 15 is 0 Å². The molecule has 1 aliphatic rings. The van der Waals surface area contributed by atoms with E-state index in [1.54, 1.807) is 34.6 Å². The van der Waals surface area contributed by atoms with Gasteiger partial charge < -0.3 is 70.4 Å². The average Bonchev–Trinajstić information content (AvgIpc) is 1.47. The molecule has 0 saturated carbocycles. The molecule has 19 heteroatoms. The van der Waals surface area contributed by atoms with Crippen LogP contribution in [0.4, 0.5) is 22.4 Å². The van der Waals surface area contributed by atoms with Crippen LogP contribution in [0.1, 0.15) is 202 Å². The number of alkyl carbamates (subject to hydrolysis) is 1. The molecule has 1 unspecified atom stereocenters. The van der Waals surface area contributed by atoms with Gasteiger partial charge in [-0.1, -0.05) is 170 Å². The van der Waals surface area contributed by atoms with Crippen LogP contribution in [0, 0.1) is 52.9 Å². The Morgan fingerprint density at radius 3 is 1.34 bits per heavy atom. The first kappa shape index (κ1) is 97.6. The molecule has 0 bridgehead atoms. The molecule has 1 saturated heterocycles. The molecule has 0 aliphatic carbocycles. The predicted octanol–water partition coefficient (Wildman–Crippen LogP) is 15.1. The van der Waals surface area contributed by atoms with Gasteiger partial charge in [-0.15, -0.1) is 12.4 Å². The van der Waals surface area contributed by atoms with Gasteiger partial charge in [-0.05, 0) is 212 Å². The van der Waals surface area contributed by atoms with Crippen LogP contribution in [0.2, 0.25) is 0 Å². The zero-order chi connectivity index (χ0) is 74.2. The number of ether oxygens (including phenoxy) is 2. The number of aliphatic hydroxyl groups excluding tert-OH is 1. The van der Waals surface area contributed by atoms with Crippen LogP contribution in [-0.4, -0.2) is 93.4 Å². The number of amides is 2. The van der Waals surface area contributed by atoms with Crippen LogP contribution < -0.4 is 38.7 Å². The summed E-state index contributed by atoms with van der Waals surface area (Å²) < 4.78 is 64.8. The van der Waals surface area contributed by atoms with Crippen LogP contribution in [0.3, 0.4) is 0 Å². The second kappa shape index (κ2) is 43.7. The van der Waals surface area contributed by atoms with E-state index in [9.17, 15) is 42.5 Å². The third-order valence-corrected chi connectivity index (χ3v) is 14.9. The first-order chi connectivity index (χ1) is 44.3. The van der Waals surface area contributed by atoms with Crippen LogP contribution in [0.5, 0.6) is 0 Å². The monoisotopic (exact) mass is 1550 g/mol. The maximum Gasteiger partial charge on any atom is 2.00 e. The molecule has 100 heavy (non-hydrogen) atoms. The number of carbonyl (C=O) groups is 2. The second-order valence-electron chi connectivity index (χ2n) is 31.9. The third kappa shape index (κ3) is 44.3. The smallest absolute Gasteiger partial charge is 1.00 e. The van der Waals surface area contributed by atoms with Crippen molar-refractivity contribution in [3.63, 3.8) is 0 Å².